The van der Waals surface area contributed by atoms with Gasteiger partial charge in [-0.05, 0) is 50.6 Å². The number of ether oxygens (including phenoxy) is 1. The Morgan fingerprint density at radius 1 is 1.14 bits per heavy atom. The van der Waals surface area contributed by atoms with Crippen LogP contribution in [0.1, 0.15) is 25.0 Å². The topological polar surface area (TPSA) is 45.2 Å². The summed E-state index contributed by atoms with van der Waals surface area (Å²) < 4.78 is 6.12. The number of aryl methyl sites for hydroxylation is 1. The highest BCUT2D eigenvalue weighted by molar-refractivity contribution is 6.12. The predicted octanol–water partition coefficient (Wildman–Crippen LogP) is 4.52. The van der Waals surface area contributed by atoms with E-state index in [4.69, 9.17) is 4.74 Å². The zero-order valence-corrected chi connectivity index (χ0v) is 12.3. The molecule has 3 aromatic rings. The van der Waals surface area contributed by atoms with Crippen LogP contribution in [0, 0.1) is 6.92 Å². The van der Waals surface area contributed by atoms with Crippen LogP contribution < -0.4 is 4.74 Å². The fourth-order valence-electron chi connectivity index (χ4n) is 3.07. The van der Waals surface area contributed by atoms with Crippen molar-refractivity contribution in [3.05, 3.63) is 41.5 Å². The van der Waals surface area contributed by atoms with Gasteiger partial charge in [0, 0.05) is 16.3 Å². The highest BCUT2D eigenvalue weighted by Gasteiger charge is 2.25. The Balaban J connectivity index is 2.15. The molecule has 0 radical (unpaired) electrons. The Labute approximate surface area is 122 Å². The fraction of sp³-hybridized carbons (Fsp3) is 0.222. The van der Waals surface area contributed by atoms with Crippen LogP contribution in [0.5, 0.6) is 11.5 Å². The molecular formula is C18H17NO2. The van der Waals surface area contributed by atoms with E-state index in [0.717, 1.165) is 38.7 Å². The second-order valence-corrected chi connectivity index (χ2v) is 6.22. The lowest BCUT2D eigenvalue weighted by molar-refractivity contribution is 0.158. The van der Waals surface area contributed by atoms with Crippen molar-refractivity contribution >= 4 is 27.9 Å². The van der Waals surface area contributed by atoms with E-state index in [1.165, 1.54) is 0 Å². The first-order chi connectivity index (χ1) is 9.96. The molecule has 0 saturated heterocycles. The van der Waals surface area contributed by atoms with Gasteiger partial charge in [0.05, 0.1) is 11.0 Å². The van der Waals surface area contributed by atoms with Crippen LogP contribution in [0.2, 0.25) is 0 Å². The zero-order chi connectivity index (χ0) is 14.8. The predicted molar refractivity (Wildman–Crippen MR) is 85.9 cm³/mol. The lowest BCUT2D eigenvalue weighted by Crippen LogP contribution is -2.28. The summed E-state index contributed by atoms with van der Waals surface area (Å²) in [5.41, 5.74) is 3.66. The lowest BCUT2D eigenvalue weighted by atomic mass is 9.97. The van der Waals surface area contributed by atoms with Gasteiger partial charge in [0.25, 0.3) is 0 Å². The number of H-pyrrole nitrogens is 1. The number of rotatable bonds is 0. The van der Waals surface area contributed by atoms with Crippen molar-refractivity contribution in [1.82, 2.24) is 4.98 Å². The smallest absolute Gasteiger partial charge is 0.139 e. The number of phenols is 1. The van der Waals surface area contributed by atoms with Gasteiger partial charge in [0.2, 0.25) is 0 Å². The third-order valence-electron chi connectivity index (χ3n) is 4.10. The number of benzene rings is 2. The van der Waals surface area contributed by atoms with Crippen LogP contribution >= 0.6 is 0 Å². The molecule has 3 nitrogen and oxygen atoms in total. The fourth-order valence-corrected chi connectivity index (χ4v) is 3.07. The number of aromatic amines is 1. The van der Waals surface area contributed by atoms with Crippen molar-refractivity contribution < 1.29 is 9.84 Å². The SMILES string of the molecule is Cc1cc2c([nH]c3c(O)cccc32)c2c1OC(C)(C)C=C2. The molecule has 1 aliphatic rings. The Morgan fingerprint density at radius 3 is 2.76 bits per heavy atom. The maximum Gasteiger partial charge on any atom is 0.139 e. The van der Waals surface area contributed by atoms with Gasteiger partial charge in [-0.2, -0.15) is 0 Å². The summed E-state index contributed by atoms with van der Waals surface area (Å²) in [7, 11) is 0. The Kier molecular flexibility index (Phi) is 2.24. The number of para-hydroxylation sites is 1. The molecule has 0 atom stereocenters. The van der Waals surface area contributed by atoms with E-state index in [2.05, 4.69) is 30.1 Å². The van der Waals surface area contributed by atoms with Crippen molar-refractivity contribution in [1.29, 1.82) is 0 Å². The van der Waals surface area contributed by atoms with Gasteiger partial charge < -0.3 is 14.8 Å². The molecule has 0 bridgehead atoms. The molecule has 106 valence electrons. The second kappa shape index (κ2) is 3.82. The third-order valence-corrected chi connectivity index (χ3v) is 4.10. The first kappa shape index (κ1) is 12.3. The van der Waals surface area contributed by atoms with Crippen LogP contribution in [0.15, 0.2) is 30.3 Å². The molecule has 0 unspecified atom stereocenters. The summed E-state index contributed by atoms with van der Waals surface area (Å²) in [6.45, 7) is 6.16. The van der Waals surface area contributed by atoms with E-state index in [0.29, 0.717) is 0 Å². The zero-order valence-electron chi connectivity index (χ0n) is 12.3. The van der Waals surface area contributed by atoms with Crippen LogP contribution in [0.25, 0.3) is 27.9 Å². The van der Waals surface area contributed by atoms with Crippen molar-refractivity contribution in [3.8, 4) is 11.5 Å². The number of hydrogen-bond donors (Lipinski definition) is 2. The third kappa shape index (κ3) is 1.67. The Hall–Kier alpha value is -2.42. The maximum atomic E-state index is 10.0. The van der Waals surface area contributed by atoms with Gasteiger partial charge in [-0.15, -0.1) is 0 Å². The van der Waals surface area contributed by atoms with Gasteiger partial charge in [0.1, 0.15) is 17.1 Å². The normalized spacial score (nSPS) is 16.1. The number of aromatic hydroxyl groups is 1. The summed E-state index contributed by atoms with van der Waals surface area (Å²) in [4.78, 5) is 3.35. The molecule has 3 heteroatoms. The minimum absolute atomic E-state index is 0.274. The van der Waals surface area contributed by atoms with Gasteiger partial charge in [-0.25, -0.2) is 0 Å². The van der Waals surface area contributed by atoms with Crippen LogP contribution in [-0.2, 0) is 0 Å². The van der Waals surface area contributed by atoms with Crippen LogP contribution in [0.3, 0.4) is 0 Å². The number of nitrogens with one attached hydrogen (secondary N) is 1. The molecular weight excluding hydrogens is 262 g/mol. The van der Waals surface area contributed by atoms with E-state index in [1.54, 1.807) is 6.07 Å². The first-order valence-electron chi connectivity index (χ1n) is 7.11. The summed E-state index contributed by atoms with van der Waals surface area (Å²) in [6.07, 6.45) is 4.18. The van der Waals surface area contributed by atoms with E-state index in [-0.39, 0.29) is 11.4 Å². The minimum atomic E-state index is -0.292. The average molecular weight is 279 g/mol. The monoisotopic (exact) mass is 279 g/mol. The van der Waals surface area contributed by atoms with E-state index >= 15 is 0 Å². The molecule has 0 saturated carbocycles. The van der Waals surface area contributed by atoms with Crippen molar-refractivity contribution in [2.45, 2.75) is 26.4 Å². The molecule has 2 heterocycles. The van der Waals surface area contributed by atoms with Crippen molar-refractivity contribution in [3.63, 3.8) is 0 Å². The molecule has 2 N–H and O–H groups in total. The summed E-state index contributed by atoms with van der Waals surface area (Å²) in [6, 6.07) is 7.72. The summed E-state index contributed by atoms with van der Waals surface area (Å²) in [5, 5.41) is 12.2. The number of phenolic OH excluding ortho intramolecular Hbond substituents is 1. The van der Waals surface area contributed by atoms with Gasteiger partial charge >= 0.3 is 0 Å². The number of aromatic nitrogens is 1. The van der Waals surface area contributed by atoms with Gasteiger partial charge in [-0.3, -0.25) is 0 Å². The minimum Gasteiger partial charge on any atom is -0.506 e. The molecule has 4 rings (SSSR count). The second-order valence-electron chi connectivity index (χ2n) is 6.22. The largest absolute Gasteiger partial charge is 0.506 e. The highest BCUT2D eigenvalue weighted by atomic mass is 16.5. The molecule has 2 aromatic carbocycles. The Bertz CT molecular complexity index is 916. The number of hydrogen-bond acceptors (Lipinski definition) is 2. The maximum absolute atomic E-state index is 10.0. The van der Waals surface area contributed by atoms with E-state index < -0.39 is 0 Å². The van der Waals surface area contributed by atoms with Gasteiger partial charge in [0.15, 0.2) is 0 Å². The van der Waals surface area contributed by atoms with E-state index in [9.17, 15) is 5.11 Å². The molecule has 0 amide bonds. The molecule has 1 aromatic heterocycles. The lowest BCUT2D eigenvalue weighted by Gasteiger charge is -2.29. The van der Waals surface area contributed by atoms with Crippen LogP contribution in [0.4, 0.5) is 0 Å². The first-order valence-corrected chi connectivity index (χ1v) is 7.11. The van der Waals surface area contributed by atoms with Crippen molar-refractivity contribution in [2.24, 2.45) is 0 Å². The van der Waals surface area contributed by atoms with Gasteiger partial charge in [-0.1, -0.05) is 12.1 Å². The molecule has 1 aliphatic heterocycles. The highest BCUT2D eigenvalue weighted by Crippen LogP contribution is 2.41. The van der Waals surface area contributed by atoms with Crippen LogP contribution in [-0.4, -0.2) is 15.7 Å². The van der Waals surface area contributed by atoms with Crippen molar-refractivity contribution in [2.75, 3.05) is 0 Å². The molecule has 21 heavy (non-hydrogen) atoms. The quantitative estimate of drug-likeness (QED) is 0.635. The molecule has 0 aliphatic carbocycles. The Morgan fingerprint density at radius 2 is 1.95 bits per heavy atom. The summed E-state index contributed by atoms with van der Waals surface area (Å²) in [5.74, 6) is 1.19. The molecule has 0 spiro atoms. The standard InChI is InChI=1S/C18H17NO2/c1-10-9-13-11-5-4-6-14(20)16(11)19-15(13)12-7-8-18(2,3)21-17(10)12/h4-9,19-20H,1-3H3. The summed E-state index contributed by atoms with van der Waals surface area (Å²) >= 11 is 0. The molecule has 0 fully saturated rings. The average Bonchev–Trinajstić information content (AvgIpc) is 2.79. The van der Waals surface area contributed by atoms with E-state index in [1.807, 2.05) is 26.0 Å². The number of fused-ring (bicyclic) bond motifs is 5.